The van der Waals surface area contributed by atoms with Gasteiger partial charge in [0.1, 0.15) is 40.2 Å². The van der Waals surface area contributed by atoms with Crippen molar-refractivity contribution in [2.75, 3.05) is 7.11 Å². The molecule has 5 aromatic rings. The summed E-state index contributed by atoms with van der Waals surface area (Å²) in [5.74, 6) is 0.524. The lowest BCUT2D eigenvalue weighted by Gasteiger charge is -2.27. The van der Waals surface area contributed by atoms with Crippen molar-refractivity contribution in [2.24, 2.45) is 0 Å². The number of hydrogen-bond acceptors (Lipinski definition) is 12. The molecule has 0 spiro atoms. The van der Waals surface area contributed by atoms with Crippen LogP contribution >= 0.6 is 11.8 Å². The van der Waals surface area contributed by atoms with Crippen molar-refractivity contribution in [1.82, 2.24) is 0 Å². The Bertz CT molecular complexity index is 2140. The van der Waals surface area contributed by atoms with E-state index in [1.54, 1.807) is 50.1 Å². The Morgan fingerprint density at radius 3 is 1.26 bits per heavy atom. The fraction of sp³-hybridized carbons (Fsp3) is 0.190. The highest BCUT2D eigenvalue weighted by Crippen LogP contribution is 2.37. The molecule has 0 radical (unpaired) electrons. The van der Waals surface area contributed by atoms with Crippen molar-refractivity contribution in [3.63, 3.8) is 0 Å². The van der Waals surface area contributed by atoms with Gasteiger partial charge < -0.3 is 33.2 Å². The van der Waals surface area contributed by atoms with Gasteiger partial charge in [0.2, 0.25) is 0 Å². The van der Waals surface area contributed by atoms with Crippen molar-refractivity contribution >= 4 is 36.0 Å². The Kier molecular flexibility index (Phi) is 12.3. The van der Waals surface area contributed by atoms with Gasteiger partial charge in [-0.1, -0.05) is 49.9 Å². The SMILES string of the molecule is COc1ccc(Sc2ccc(OC(=O)Oc3ccc(C(C)(C)c4ccc(OC(=O)Oc5cc(OC(C)=O)cc(OC(C)=O)c5)c(C)c4)cc3C)cc2)cc1. The highest BCUT2D eigenvalue weighted by atomic mass is 32.2. The van der Waals surface area contributed by atoms with Gasteiger partial charge in [-0.2, -0.15) is 0 Å². The molecule has 0 bridgehead atoms. The zero-order valence-electron chi connectivity index (χ0n) is 30.7. The average molecular weight is 751 g/mol. The van der Waals surface area contributed by atoms with E-state index in [0.717, 1.165) is 32.2 Å². The maximum atomic E-state index is 12.7. The van der Waals surface area contributed by atoms with Crippen LogP contribution in [0.15, 0.2) is 113 Å². The molecule has 0 aliphatic heterocycles. The number of hydrogen-bond donors (Lipinski definition) is 0. The highest BCUT2D eigenvalue weighted by molar-refractivity contribution is 7.99. The van der Waals surface area contributed by atoms with Gasteiger partial charge in [0.15, 0.2) is 0 Å². The Morgan fingerprint density at radius 2 is 0.870 bits per heavy atom. The van der Waals surface area contributed by atoms with E-state index >= 15 is 0 Å². The van der Waals surface area contributed by atoms with E-state index in [2.05, 4.69) is 0 Å². The van der Waals surface area contributed by atoms with Gasteiger partial charge in [0, 0.05) is 47.3 Å². The van der Waals surface area contributed by atoms with E-state index < -0.39 is 29.7 Å². The third-order valence-electron chi connectivity index (χ3n) is 8.08. The first-order valence-electron chi connectivity index (χ1n) is 16.6. The number of methoxy groups -OCH3 is 1. The van der Waals surface area contributed by atoms with E-state index in [1.807, 2.05) is 81.4 Å². The van der Waals surface area contributed by atoms with Crippen LogP contribution in [0, 0.1) is 13.8 Å². The summed E-state index contributed by atoms with van der Waals surface area (Å²) in [6, 6.07) is 29.7. The number of ether oxygens (including phenoxy) is 7. The first kappa shape index (κ1) is 38.9. The number of benzene rings is 5. The van der Waals surface area contributed by atoms with Crippen molar-refractivity contribution in [3.05, 3.63) is 125 Å². The van der Waals surface area contributed by atoms with Gasteiger partial charge in [0.05, 0.1) is 7.11 Å². The lowest BCUT2D eigenvalue weighted by Crippen LogP contribution is -2.20. The molecule has 0 amide bonds. The normalized spacial score (nSPS) is 10.9. The molecule has 0 atom stereocenters. The van der Waals surface area contributed by atoms with Crippen molar-refractivity contribution < 1.29 is 52.3 Å². The maximum Gasteiger partial charge on any atom is 0.519 e. The Morgan fingerprint density at radius 1 is 0.481 bits per heavy atom. The van der Waals surface area contributed by atoms with E-state index in [-0.39, 0.29) is 23.0 Å². The van der Waals surface area contributed by atoms with E-state index in [1.165, 1.54) is 32.0 Å². The summed E-state index contributed by atoms with van der Waals surface area (Å²) in [6.45, 7) is 10.2. The summed E-state index contributed by atoms with van der Waals surface area (Å²) in [5, 5.41) is 0. The molecule has 54 heavy (non-hydrogen) atoms. The van der Waals surface area contributed by atoms with Gasteiger partial charge in [-0.05, 0) is 96.8 Å². The number of aryl methyl sites for hydroxylation is 2. The number of carbonyl (C=O) groups is 4. The standard InChI is InChI=1S/C42H38O11S/c1-25-20-29(8-18-38(25)52-40(45)50-32-12-16-37(17-13-32)54-36-14-10-31(47-7)11-15-36)42(5,6)30-9-19-39(26(2)21-30)53-41(46)51-35-23-33(48-27(3)43)22-34(24-35)49-28(4)44/h8-24H,1-7H3. The van der Waals surface area contributed by atoms with Crippen LogP contribution in [0.2, 0.25) is 0 Å². The lowest BCUT2D eigenvalue weighted by atomic mass is 9.77. The molecule has 0 aromatic heterocycles. The summed E-state index contributed by atoms with van der Waals surface area (Å²) in [7, 11) is 1.63. The van der Waals surface area contributed by atoms with Crippen molar-refractivity contribution in [3.8, 4) is 40.2 Å². The minimum Gasteiger partial charge on any atom is -0.497 e. The Hall–Kier alpha value is -6.27. The molecule has 0 N–H and O–H groups in total. The quantitative estimate of drug-likeness (QED) is 0.0723. The third-order valence-corrected chi connectivity index (χ3v) is 9.09. The van der Waals surface area contributed by atoms with Crippen LogP contribution in [0.4, 0.5) is 9.59 Å². The van der Waals surface area contributed by atoms with Gasteiger partial charge in [-0.15, -0.1) is 0 Å². The second-order valence-corrected chi connectivity index (χ2v) is 13.7. The Balaban J connectivity index is 1.20. The molecule has 0 heterocycles. The summed E-state index contributed by atoms with van der Waals surface area (Å²) in [6.07, 6.45) is -1.91. The predicted octanol–water partition coefficient (Wildman–Crippen LogP) is 9.80. The molecule has 278 valence electrons. The monoisotopic (exact) mass is 750 g/mol. The van der Waals surface area contributed by atoms with Crippen LogP contribution in [0.3, 0.4) is 0 Å². The number of carbonyl (C=O) groups excluding carboxylic acids is 4. The molecular weight excluding hydrogens is 713 g/mol. The van der Waals surface area contributed by atoms with Crippen molar-refractivity contribution in [2.45, 2.75) is 56.7 Å². The van der Waals surface area contributed by atoms with E-state index in [4.69, 9.17) is 33.2 Å². The second kappa shape index (κ2) is 17.0. The maximum absolute atomic E-state index is 12.7. The van der Waals surface area contributed by atoms with Gasteiger partial charge in [0.25, 0.3) is 0 Å². The van der Waals surface area contributed by atoms with Crippen LogP contribution in [0.25, 0.3) is 0 Å². The van der Waals surface area contributed by atoms with Crippen LogP contribution in [0.1, 0.15) is 49.9 Å². The summed E-state index contributed by atoms with van der Waals surface area (Å²) in [4.78, 5) is 50.3. The first-order chi connectivity index (χ1) is 25.7. The minimum atomic E-state index is -1.05. The van der Waals surface area contributed by atoms with Crippen molar-refractivity contribution in [1.29, 1.82) is 0 Å². The van der Waals surface area contributed by atoms with Gasteiger partial charge in [-0.25, -0.2) is 9.59 Å². The second-order valence-electron chi connectivity index (χ2n) is 12.6. The fourth-order valence-corrected chi connectivity index (χ4v) is 6.11. The van der Waals surface area contributed by atoms with Crippen LogP contribution in [-0.2, 0) is 15.0 Å². The molecular formula is C42H38O11S. The molecule has 0 unspecified atom stereocenters. The Labute approximate surface area is 317 Å². The molecule has 0 saturated heterocycles. The third kappa shape index (κ3) is 10.4. The van der Waals surface area contributed by atoms with E-state index in [0.29, 0.717) is 17.1 Å². The van der Waals surface area contributed by atoms with Crippen LogP contribution in [0.5, 0.6) is 40.2 Å². The van der Waals surface area contributed by atoms with Gasteiger partial charge in [-0.3, -0.25) is 9.59 Å². The predicted molar refractivity (Wildman–Crippen MR) is 200 cm³/mol. The molecule has 0 saturated carbocycles. The summed E-state index contributed by atoms with van der Waals surface area (Å²) >= 11 is 1.57. The van der Waals surface area contributed by atoms with Crippen LogP contribution in [-0.4, -0.2) is 31.4 Å². The lowest BCUT2D eigenvalue weighted by molar-refractivity contribution is -0.132. The zero-order valence-corrected chi connectivity index (χ0v) is 31.5. The largest absolute Gasteiger partial charge is 0.519 e. The molecule has 0 fully saturated rings. The number of rotatable bonds is 11. The fourth-order valence-electron chi connectivity index (χ4n) is 5.30. The number of esters is 2. The average Bonchev–Trinajstić information content (AvgIpc) is 3.10. The van der Waals surface area contributed by atoms with E-state index in [9.17, 15) is 19.2 Å². The molecule has 0 aliphatic carbocycles. The molecule has 0 aliphatic rings. The minimum absolute atomic E-state index is 0.0176. The first-order valence-corrected chi connectivity index (χ1v) is 17.5. The highest BCUT2D eigenvalue weighted by Gasteiger charge is 2.26. The summed E-state index contributed by atoms with van der Waals surface area (Å²) in [5.41, 5.74) is 2.79. The smallest absolute Gasteiger partial charge is 0.497 e. The van der Waals surface area contributed by atoms with Gasteiger partial charge >= 0.3 is 24.2 Å². The molecule has 12 heteroatoms. The molecule has 11 nitrogen and oxygen atoms in total. The zero-order chi connectivity index (χ0) is 39.0. The topological polar surface area (TPSA) is 133 Å². The molecule has 5 rings (SSSR count). The van der Waals surface area contributed by atoms with Crippen LogP contribution < -0.4 is 33.2 Å². The molecule has 5 aromatic carbocycles. The summed E-state index contributed by atoms with van der Waals surface area (Å²) < 4.78 is 37.1.